The summed E-state index contributed by atoms with van der Waals surface area (Å²) in [5.41, 5.74) is 7.25. The quantitative estimate of drug-likeness (QED) is 0.611. The van der Waals surface area contributed by atoms with Gasteiger partial charge in [-0.3, -0.25) is 9.59 Å². The van der Waals surface area contributed by atoms with Crippen molar-refractivity contribution in [2.24, 2.45) is 11.7 Å². The molecule has 2 fully saturated rings. The molecule has 0 aromatic heterocycles. The molecule has 1 saturated heterocycles. The molecule has 1 aromatic carbocycles. The van der Waals surface area contributed by atoms with Gasteiger partial charge in [-0.15, -0.1) is 0 Å². The summed E-state index contributed by atoms with van der Waals surface area (Å²) in [6.07, 6.45) is 9.96. The third-order valence-corrected chi connectivity index (χ3v) is 8.28. The van der Waals surface area contributed by atoms with Gasteiger partial charge in [-0.2, -0.15) is 0 Å². The lowest BCUT2D eigenvalue weighted by molar-refractivity contribution is -0.139. The topological polar surface area (TPSA) is 95.7 Å². The van der Waals surface area contributed by atoms with Crippen LogP contribution in [0.25, 0.3) is 0 Å². The zero-order chi connectivity index (χ0) is 23.6. The lowest BCUT2D eigenvalue weighted by atomic mass is 9.73. The smallest absolute Gasteiger partial charge is 0.245 e. The van der Waals surface area contributed by atoms with Gasteiger partial charge >= 0.3 is 0 Å². The Hall–Kier alpha value is -1.92. The molecule has 1 aliphatic heterocycles. The van der Waals surface area contributed by atoms with E-state index in [0.29, 0.717) is 25.4 Å². The maximum Gasteiger partial charge on any atom is 0.245 e. The van der Waals surface area contributed by atoms with Crippen LogP contribution in [0.3, 0.4) is 0 Å². The van der Waals surface area contributed by atoms with E-state index in [2.05, 4.69) is 11.4 Å². The Bertz CT molecular complexity index is 848. The number of aliphatic hydroxyl groups excluding tert-OH is 1. The predicted molar refractivity (Wildman–Crippen MR) is 130 cm³/mol. The number of carbonyl (C=O) groups excluding carboxylic acids is 2. The van der Waals surface area contributed by atoms with Gasteiger partial charge in [0.2, 0.25) is 11.8 Å². The molecule has 1 heterocycles. The van der Waals surface area contributed by atoms with E-state index in [0.717, 1.165) is 31.2 Å². The molecule has 6 heteroatoms. The summed E-state index contributed by atoms with van der Waals surface area (Å²) in [5.74, 6) is 0.397. The van der Waals surface area contributed by atoms with Crippen molar-refractivity contribution < 1.29 is 14.7 Å². The first kappa shape index (κ1) is 24.2. The lowest BCUT2D eigenvalue weighted by Gasteiger charge is -2.41. The minimum absolute atomic E-state index is 0.0186. The maximum atomic E-state index is 13.6. The van der Waals surface area contributed by atoms with Gasteiger partial charge in [0.25, 0.3) is 0 Å². The minimum atomic E-state index is -1.01. The van der Waals surface area contributed by atoms with Crippen LogP contribution < -0.4 is 11.1 Å². The number of benzene rings is 1. The summed E-state index contributed by atoms with van der Waals surface area (Å²) in [6, 6.07) is 7.68. The summed E-state index contributed by atoms with van der Waals surface area (Å²) in [7, 11) is 0. The van der Waals surface area contributed by atoms with Gasteiger partial charge in [-0.25, -0.2) is 0 Å². The van der Waals surface area contributed by atoms with E-state index in [1.54, 1.807) is 13.8 Å². The highest BCUT2D eigenvalue weighted by molar-refractivity contribution is 5.91. The second kappa shape index (κ2) is 9.75. The van der Waals surface area contributed by atoms with Crippen molar-refractivity contribution in [3.63, 3.8) is 0 Å². The molecule has 182 valence electrons. The van der Waals surface area contributed by atoms with Crippen LogP contribution in [0.4, 0.5) is 0 Å². The lowest BCUT2D eigenvalue weighted by Crippen LogP contribution is -2.57. The number of hydrogen-bond acceptors (Lipinski definition) is 4. The molecule has 1 saturated carbocycles. The summed E-state index contributed by atoms with van der Waals surface area (Å²) in [6.45, 7) is 4.67. The van der Waals surface area contributed by atoms with Crippen molar-refractivity contribution in [2.45, 2.75) is 101 Å². The number of rotatable bonds is 6. The van der Waals surface area contributed by atoms with Crippen molar-refractivity contribution >= 4 is 11.8 Å². The number of fused-ring (bicyclic) bond motifs is 2. The van der Waals surface area contributed by atoms with Gasteiger partial charge in [-0.05, 0) is 63.0 Å². The predicted octanol–water partition coefficient (Wildman–Crippen LogP) is 3.57. The number of nitrogens with one attached hydrogen (secondary N) is 1. The first-order chi connectivity index (χ1) is 15.7. The fourth-order valence-corrected chi connectivity index (χ4v) is 6.19. The monoisotopic (exact) mass is 455 g/mol. The highest BCUT2D eigenvalue weighted by Crippen LogP contribution is 2.50. The Labute approximate surface area is 198 Å². The number of aliphatic hydroxyl groups is 1. The van der Waals surface area contributed by atoms with Crippen molar-refractivity contribution in [3.05, 3.63) is 35.4 Å². The number of nitrogens with two attached hydrogens (primary N) is 1. The Balaban J connectivity index is 1.42. The van der Waals surface area contributed by atoms with E-state index in [9.17, 15) is 14.7 Å². The number of nitrogens with zero attached hydrogens (tertiary/aromatic N) is 1. The van der Waals surface area contributed by atoms with Crippen molar-refractivity contribution in [1.29, 1.82) is 0 Å². The van der Waals surface area contributed by atoms with E-state index in [-0.39, 0.29) is 17.2 Å². The molecule has 0 unspecified atom stereocenters. The third kappa shape index (κ3) is 5.27. The number of likely N-dealkylation sites (tertiary alicyclic amines) is 1. The van der Waals surface area contributed by atoms with Crippen molar-refractivity contribution in [3.8, 4) is 0 Å². The summed E-state index contributed by atoms with van der Waals surface area (Å²) in [4.78, 5) is 28.1. The van der Waals surface area contributed by atoms with Gasteiger partial charge in [0.15, 0.2) is 0 Å². The Kier molecular flexibility index (Phi) is 7.15. The van der Waals surface area contributed by atoms with E-state index in [1.165, 1.54) is 37.7 Å². The van der Waals surface area contributed by atoms with Crippen LogP contribution in [-0.2, 0) is 15.0 Å². The van der Waals surface area contributed by atoms with Crippen LogP contribution in [0.2, 0.25) is 0 Å². The van der Waals surface area contributed by atoms with Crippen molar-refractivity contribution in [1.82, 2.24) is 10.2 Å². The molecule has 1 spiro atoms. The van der Waals surface area contributed by atoms with E-state index < -0.39 is 17.7 Å². The van der Waals surface area contributed by atoms with Gasteiger partial charge in [0.1, 0.15) is 6.04 Å². The second-order valence-corrected chi connectivity index (χ2v) is 11.2. The highest BCUT2D eigenvalue weighted by Gasteiger charge is 2.46. The standard InChI is InChI=1S/C27H41N3O3/c1-26(2,28)25(33)29-22(13-12-19-8-4-3-5-9-19)24(32)30-16-14-27(15-17-30)18-23(31)20-10-6-7-11-21(20)27/h6-7,10-11,19,22-23,31H,3-5,8-9,12-18,28H2,1-2H3,(H,29,33)/t22-,23+/m1/s1. The minimum Gasteiger partial charge on any atom is -0.388 e. The van der Waals surface area contributed by atoms with Crippen LogP contribution in [0.5, 0.6) is 0 Å². The van der Waals surface area contributed by atoms with E-state index in [1.807, 2.05) is 23.1 Å². The molecule has 3 aliphatic rings. The van der Waals surface area contributed by atoms with E-state index in [4.69, 9.17) is 5.73 Å². The number of amides is 2. The Morgan fingerprint density at radius 3 is 2.52 bits per heavy atom. The zero-order valence-corrected chi connectivity index (χ0v) is 20.3. The molecule has 0 radical (unpaired) electrons. The van der Waals surface area contributed by atoms with Crippen LogP contribution in [0.1, 0.15) is 95.3 Å². The first-order valence-corrected chi connectivity index (χ1v) is 12.9. The fraction of sp³-hybridized carbons (Fsp3) is 0.704. The molecular formula is C27H41N3O3. The maximum absolute atomic E-state index is 13.6. The summed E-state index contributed by atoms with van der Waals surface area (Å²) < 4.78 is 0. The molecule has 4 N–H and O–H groups in total. The van der Waals surface area contributed by atoms with Gasteiger partial charge in [-0.1, -0.05) is 56.4 Å². The zero-order valence-electron chi connectivity index (χ0n) is 20.3. The number of piperidine rings is 1. The van der Waals surface area contributed by atoms with Crippen LogP contribution >= 0.6 is 0 Å². The van der Waals surface area contributed by atoms with Gasteiger partial charge < -0.3 is 21.1 Å². The third-order valence-electron chi connectivity index (χ3n) is 8.28. The molecule has 33 heavy (non-hydrogen) atoms. The molecule has 2 amide bonds. The molecule has 6 nitrogen and oxygen atoms in total. The van der Waals surface area contributed by atoms with E-state index >= 15 is 0 Å². The normalized spacial score (nSPS) is 23.9. The van der Waals surface area contributed by atoms with Crippen molar-refractivity contribution in [2.75, 3.05) is 13.1 Å². The average molecular weight is 456 g/mol. The number of carbonyl (C=O) groups is 2. The average Bonchev–Trinajstić information content (AvgIpc) is 3.08. The second-order valence-electron chi connectivity index (χ2n) is 11.2. The highest BCUT2D eigenvalue weighted by atomic mass is 16.3. The molecule has 2 atom stereocenters. The summed E-state index contributed by atoms with van der Waals surface area (Å²) in [5, 5.41) is 13.6. The molecule has 0 bridgehead atoms. The van der Waals surface area contributed by atoms with Gasteiger partial charge in [0, 0.05) is 18.5 Å². The SMILES string of the molecule is CC(C)(N)C(=O)N[C@H](CCC1CCCCC1)C(=O)N1CCC2(CC1)C[C@H](O)c1ccccc12. The van der Waals surface area contributed by atoms with Crippen LogP contribution in [-0.4, -0.2) is 46.5 Å². The largest absolute Gasteiger partial charge is 0.388 e. The van der Waals surface area contributed by atoms with Crippen LogP contribution in [0.15, 0.2) is 24.3 Å². The van der Waals surface area contributed by atoms with Gasteiger partial charge in [0.05, 0.1) is 11.6 Å². The number of hydrogen-bond donors (Lipinski definition) is 3. The Morgan fingerprint density at radius 1 is 1.18 bits per heavy atom. The molecular weight excluding hydrogens is 414 g/mol. The molecule has 1 aromatic rings. The fourth-order valence-electron chi connectivity index (χ4n) is 6.19. The molecule has 4 rings (SSSR count). The summed E-state index contributed by atoms with van der Waals surface area (Å²) >= 11 is 0. The molecule has 2 aliphatic carbocycles. The first-order valence-electron chi connectivity index (χ1n) is 12.9. The Morgan fingerprint density at radius 2 is 1.85 bits per heavy atom. The van der Waals surface area contributed by atoms with Crippen LogP contribution in [0, 0.1) is 5.92 Å².